The zero-order valence-corrected chi connectivity index (χ0v) is 11.7. The van der Waals surface area contributed by atoms with E-state index < -0.39 is 20.7 Å². The van der Waals surface area contributed by atoms with E-state index in [1.807, 2.05) is 19.1 Å². The minimum absolute atomic E-state index is 0.119. The van der Waals surface area contributed by atoms with E-state index in [1.54, 1.807) is 12.1 Å². The lowest BCUT2D eigenvalue weighted by Crippen LogP contribution is -2.17. The van der Waals surface area contributed by atoms with Gasteiger partial charge in [0.2, 0.25) is 0 Å². The predicted octanol–water partition coefficient (Wildman–Crippen LogP) is 2.77. The Morgan fingerprint density at radius 1 is 1.15 bits per heavy atom. The lowest BCUT2D eigenvalue weighted by Gasteiger charge is -2.13. The lowest BCUT2D eigenvalue weighted by atomic mass is 10.1. The number of hydrogen-bond donors (Lipinski definition) is 2. The Morgan fingerprint density at radius 3 is 2.50 bits per heavy atom. The largest absolute Gasteiger partial charge is 0.398 e. The van der Waals surface area contributed by atoms with Crippen LogP contribution in [0.1, 0.15) is 12.5 Å². The van der Waals surface area contributed by atoms with Crippen molar-refractivity contribution >= 4 is 21.4 Å². The average Bonchev–Trinajstić information content (AvgIpc) is 2.38. The molecule has 106 valence electrons. The molecule has 0 spiro atoms. The van der Waals surface area contributed by atoms with Crippen molar-refractivity contribution in [1.82, 2.24) is 0 Å². The van der Waals surface area contributed by atoms with Gasteiger partial charge in [-0.15, -0.1) is 0 Å². The second-order valence-electron chi connectivity index (χ2n) is 4.27. The number of hydrogen-bond acceptors (Lipinski definition) is 3. The highest BCUT2D eigenvalue weighted by atomic mass is 32.2. The van der Waals surface area contributed by atoms with E-state index in [1.165, 1.54) is 12.1 Å². The number of aryl methyl sites for hydroxylation is 1. The topological polar surface area (TPSA) is 72.2 Å². The van der Waals surface area contributed by atoms with E-state index >= 15 is 0 Å². The Labute approximate surface area is 117 Å². The summed E-state index contributed by atoms with van der Waals surface area (Å²) in [6.07, 6.45) is 0.658. The summed E-state index contributed by atoms with van der Waals surface area (Å²) in [4.78, 5) is -0.522. The van der Waals surface area contributed by atoms with Crippen LogP contribution in [0.4, 0.5) is 15.8 Å². The molecule has 0 bridgehead atoms. The quantitative estimate of drug-likeness (QED) is 0.852. The average molecular weight is 294 g/mol. The van der Waals surface area contributed by atoms with Gasteiger partial charge < -0.3 is 5.73 Å². The van der Waals surface area contributed by atoms with Gasteiger partial charge in [0.25, 0.3) is 10.0 Å². The highest BCUT2D eigenvalue weighted by molar-refractivity contribution is 7.92. The van der Waals surface area contributed by atoms with Crippen LogP contribution in [0.5, 0.6) is 0 Å². The molecule has 0 atom stereocenters. The Bertz CT molecular complexity index is 709. The third-order valence-corrected chi connectivity index (χ3v) is 4.37. The molecular formula is C14H15FN2O2S. The number of nitrogens with one attached hydrogen (secondary N) is 1. The zero-order valence-electron chi connectivity index (χ0n) is 10.9. The summed E-state index contributed by atoms with van der Waals surface area (Å²) >= 11 is 0. The number of rotatable bonds is 4. The second kappa shape index (κ2) is 5.50. The van der Waals surface area contributed by atoms with Gasteiger partial charge in [-0.2, -0.15) is 0 Å². The smallest absolute Gasteiger partial charge is 0.266 e. The van der Waals surface area contributed by atoms with Crippen molar-refractivity contribution in [2.24, 2.45) is 0 Å². The van der Waals surface area contributed by atoms with Crippen LogP contribution in [0.2, 0.25) is 0 Å². The van der Waals surface area contributed by atoms with Crippen LogP contribution in [-0.4, -0.2) is 8.42 Å². The van der Waals surface area contributed by atoms with Crippen LogP contribution in [0.25, 0.3) is 0 Å². The Kier molecular flexibility index (Phi) is 3.94. The van der Waals surface area contributed by atoms with E-state index in [-0.39, 0.29) is 5.69 Å². The molecule has 6 heteroatoms. The first kappa shape index (κ1) is 14.3. The number of benzene rings is 2. The molecule has 4 nitrogen and oxygen atoms in total. The van der Waals surface area contributed by atoms with Crippen LogP contribution >= 0.6 is 0 Å². The first-order valence-corrected chi connectivity index (χ1v) is 7.58. The van der Waals surface area contributed by atoms with Gasteiger partial charge in [0, 0.05) is 0 Å². The molecule has 0 aromatic heterocycles. The van der Waals surface area contributed by atoms with Crippen LogP contribution < -0.4 is 10.5 Å². The number of halogens is 1. The van der Waals surface area contributed by atoms with E-state index in [4.69, 9.17) is 5.73 Å². The molecule has 0 radical (unpaired) electrons. The SMILES string of the molecule is CCc1ccccc1NS(=O)(=O)c1c(N)cccc1F. The van der Waals surface area contributed by atoms with E-state index in [9.17, 15) is 12.8 Å². The standard InChI is InChI=1S/C14H15FN2O2S/c1-2-10-6-3-4-9-13(10)17-20(18,19)14-11(15)7-5-8-12(14)16/h3-9,17H,2,16H2,1H3. The minimum atomic E-state index is -4.06. The van der Waals surface area contributed by atoms with E-state index in [2.05, 4.69) is 4.72 Å². The minimum Gasteiger partial charge on any atom is -0.398 e. The molecule has 2 rings (SSSR count). The number of nitrogen functional groups attached to an aromatic ring is 1. The van der Waals surface area contributed by atoms with Gasteiger partial charge in [-0.1, -0.05) is 31.2 Å². The summed E-state index contributed by atoms with van der Waals surface area (Å²) in [5.74, 6) is -0.869. The number of sulfonamides is 1. The fourth-order valence-corrected chi connectivity index (χ4v) is 3.23. The van der Waals surface area contributed by atoms with Gasteiger partial charge in [-0.3, -0.25) is 4.72 Å². The molecule has 3 N–H and O–H groups in total. The van der Waals surface area contributed by atoms with Gasteiger partial charge in [0.15, 0.2) is 0 Å². The van der Waals surface area contributed by atoms with Crippen molar-refractivity contribution in [2.45, 2.75) is 18.2 Å². The molecule has 2 aromatic carbocycles. The van der Waals surface area contributed by atoms with Crippen molar-refractivity contribution in [1.29, 1.82) is 0 Å². The van der Waals surface area contributed by atoms with Crippen molar-refractivity contribution in [2.75, 3.05) is 10.5 Å². The summed E-state index contributed by atoms with van der Waals surface area (Å²) in [5, 5.41) is 0. The van der Waals surface area contributed by atoms with Gasteiger partial charge in [-0.05, 0) is 30.2 Å². The van der Waals surface area contributed by atoms with Crippen molar-refractivity contribution in [3.05, 3.63) is 53.8 Å². The number of para-hydroxylation sites is 1. The molecule has 20 heavy (non-hydrogen) atoms. The van der Waals surface area contributed by atoms with Gasteiger partial charge in [0.05, 0.1) is 11.4 Å². The first-order chi connectivity index (χ1) is 9.45. The summed E-state index contributed by atoms with van der Waals surface area (Å²) in [5.41, 5.74) is 6.71. The molecular weight excluding hydrogens is 279 g/mol. The molecule has 0 saturated heterocycles. The van der Waals surface area contributed by atoms with Crippen LogP contribution in [0, 0.1) is 5.82 Å². The molecule has 0 aliphatic heterocycles. The monoisotopic (exact) mass is 294 g/mol. The molecule has 0 aliphatic rings. The second-order valence-corrected chi connectivity index (χ2v) is 5.89. The van der Waals surface area contributed by atoms with Crippen molar-refractivity contribution in [3.63, 3.8) is 0 Å². The van der Waals surface area contributed by atoms with Crippen molar-refractivity contribution < 1.29 is 12.8 Å². The third-order valence-electron chi connectivity index (χ3n) is 2.91. The van der Waals surface area contributed by atoms with E-state index in [0.29, 0.717) is 12.1 Å². The molecule has 0 unspecified atom stereocenters. The maximum atomic E-state index is 13.7. The predicted molar refractivity (Wildman–Crippen MR) is 77.4 cm³/mol. The van der Waals surface area contributed by atoms with Crippen molar-refractivity contribution in [3.8, 4) is 0 Å². The molecule has 0 saturated carbocycles. The highest BCUT2D eigenvalue weighted by Gasteiger charge is 2.22. The molecule has 2 aromatic rings. The van der Waals surface area contributed by atoms with Gasteiger partial charge >= 0.3 is 0 Å². The summed E-state index contributed by atoms with van der Waals surface area (Å²) in [6, 6.07) is 10.7. The lowest BCUT2D eigenvalue weighted by molar-refractivity contribution is 0.572. The zero-order chi connectivity index (χ0) is 14.8. The van der Waals surface area contributed by atoms with Crippen LogP contribution in [0.3, 0.4) is 0 Å². The summed E-state index contributed by atoms with van der Waals surface area (Å²) in [6.45, 7) is 1.91. The summed E-state index contributed by atoms with van der Waals surface area (Å²) in [7, 11) is -4.06. The molecule has 0 aliphatic carbocycles. The maximum Gasteiger partial charge on any atom is 0.266 e. The fraction of sp³-hybridized carbons (Fsp3) is 0.143. The van der Waals surface area contributed by atoms with E-state index in [0.717, 1.165) is 11.6 Å². The van der Waals surface area contributed by atoms with Gasteiger partial charge in [0.1, 0.15) is 10.7 Å². The molecule has 0 heterocycles. The Balaban J connectivity index is 2.47. The van der Waals surface area contributed by atoms with Gasteiger partial charge in [-0.25, -0.2) is 12.8 Å². The first-order valence-electron chi connectivity index (χ1n) is 6.10. The third kappa shape index (κ3) is 2.75. The molecule has 0 fully saturated rings. The normalized spacial score (nSPS) is 11.3. The Hall–Kier alpha value is -2.08. The fourth-order valence-electron chi connectivity index (χ4n) is 1.93. The highest BCUT2D eigenvalue weighted by Crippen LogP contribution is 2.25. The molecule has 0 amide bonds. The number of nitrogens with two attached hydrogens (primary N) is 1. The van der Waals surface area contributed by atoms with Crippen LogP contribution in [-0.2, 0) is 16.4 Å². The summed E-state index contributed by atoms with van der Waals surface area (Å²) < 4.78 is 40.7. The number of anilines is 2. The van der Waals surface area contributed by atoms with Crippen LogP contribution in [0.15, 0.2) is 47.4 Å². The Morgan fingerprint density at radius 2 is 1.85 bits per heavy atom. The maximum absolute atomic E-state index is 13.7.